The number of anilines is 2. The van der Waals surface area contributed by atoms with Crippen LogP contribution in [-0.4, -0.2) is 29.2 Å². The molecule has 0 aliphatic rings. The highest BCUT2D eigenvalue weighted by molar-refractivity contribution is 7.12. The van der Waals surface area contributed by atoms with Crippen molar-refractivity contribution < 1.29 is 14.3 Å². The fourth-order valence-electron chi connectivity index (χ4n) is 1.84. The third-order valence-corrected chi connectivity index (χ3v) is 4.11. The summed E-state index contributed by atoms with van der Waals surface area (Å²) in [5.74, 6) is -0.956. The molecule has 0 spiro atoms. The van der Waals surface area contributed by atoms with Crippen molar-refractivity contribution in [3.05, 3.63) is 27.2 Å². The van der Waals surface area contributed by atoms with Crippen LogP contribution in [0.3, 0.4) is 0 Å². The van der Waals surface area contributed by atoms with Crippen LogP contribution in [0.15, 0.2) is 5.38 Å². The molecule has 0 aliphatic heterocycles. The van der Waals surface area contributed by atoms with Gasteiger partial charge in [0.05, 0.1) is 24.2 Å². The second-order valence-electron chi connectivity index (χ2n) is 4.39. The largest absolute Gasteiger partial charge is 0.465 e. The Hall–Kier alpha value is -2.35. The maximum Gasteiger partial charge on any atom is 0.350 e. The topological polar surface area (TPSA) is 110 Å². The van der Waals surface area contributed by atoms with E-state index < -0.39 is 11.9 Å². The zero-order valence-corrected chi connectivity index (χ0v) is 12.8. The minimum Gasteiger partial charge on any atom is -0.465 e. The number of nitrogen functional groups attached to an aromatic ring is 1. The zero-order valence-electron chi connectivity index (χ0n) is 11.9. The van der Waals surface area contributed by atoms with Gasteiger partial charge in [-0.3, -0.25) is 9.89 Å². The molecule has 0 aromatic carbocycles. The normalized spacial score (nSPS) is 10.4. The number of rotatable bonds is 4. The quantitative estimate of drug-likeness (QED) is 0.748. The summed E-state index contributed by atoms with van der Waals surface area (Å²) in [5, 5.41) is 11.1. The molecule has 0 saturated carbocycles. The van der Waals surface area contributed by atoms with Crippen molar-refractivity contribution >= 4 is 34.6 Å². The van der Waals surface area contributed by atoms with Crippen LogP contribution in [0.25, 0.3) is 0 Å². The molecule has 0 unspecified atom stereocenters. The molecule has 8 heteroatoms. The van der Waals surface area contributed by atoms with E-state index in [9.17, 15) is 9.59 Å². The molecular weight excluding hydrogens is 292 g/mol. The standard InChI is InChI=1S/C13H16N4O3S/c1-4-7-8(14)10(17-16-7)12(18)15-9-6(2)5-21-11(9)13(19)20-3/h5H,4,14H2,1-3H3,(H,15,18)(H,16,17). The molecule has 112 valence electrons. The van der Waals surface area contributed by atoms with Crippen molar-refractivity contribution in [2.75, 3.05) is 18.2 Å². The maximum atomic E-state index is 12.3. The Balaban J connectivity index is 2.29. The Morgan fingerprint density at radius 2 is 2.24 bits per heavy atom. The van der Waals surface area contributed by atoms with Crippen LogP contribution in [0.2, 0.25) is 0 Å². The van der Waals surface area contributed by atoms with Gasteiger partial charge in [-0.25, -0.2) is 4.79 Å². The Kier molecular flexibility index (Phi) is 4.27. The number of thiophene rings is 1. The summed E-state index contributed by atoms with van der Waals surface area (Å²) in [6.45, 7) is 3.70. The average molecular weight is 308 g/mol. The number of esters is 1. The predicted molar refractivity (Wildman–Crippen MR) is 80.7 cm³/mol. The Morgan fingerprint density at radius 3 is 2.81 bits per heavy atom. The van der Waals surface area contributed by atoms with Gasteiger partial charge < -0.3 is 15.8 Å². The van der Waals surface area contributed by atoms with Gasteiger partial charge in [0.1, 0.15) is 4.88 Å². The smallest absolute Gasteiger partial charge is 0.350 e. The molecule has 0 bridgehead atoms. The van der Waals surface area contributed by atoms with Gasteiger partial charge in [-0.15, -0.1) is 11.3 Å². The first-order valence-electron chi connectivity index (χ1n) is 6.30. The van der Waals surface area contributed by atoms with Crippen LogP contribution in [-0.2, 0) is 11.2 Å². The number of amides is 1. The number of H-pyrrole nitrogens is 1. The molecule has 0 aliphatic carbocycles. The van der Waals surface area contributed by atoms with E-state index in [1.807, 2.05) is 6.92 Å². The van der Waals surface area contributed by atoms with E-state index >= 15 is 0 Å². The number of hydrogen-bond donors (Lipinski definition) is 3. The third kappa shape index (κ3) is 2.75. The van der Waals surface area contributed by atoms with E-state index in [1.54, 1.807) is 12.3 Å². The van der Waals surface area contributed by atoms with Crippen LogP contribution in [0.5, 0.6) is 0 Å². The van der Waals surface area contributed by atoms with E-state index in [4.69, 9.17) is 10.5 Å². The fraction of sp³-hybridized carbons (Fsp3) is 0.308. The van der Waals surface area contributed by atoms with Crippen LogP contribution in [0, 0.1) is 6.92 Å². The molecule has 2 aromatic heterocycles. The molecule has 0 saturated heterocycles. The van der Waals surface area contributed by atoms with Gasteiger partial charge in [-0.1, -0.05) is 6.92 Å². The van der Waals surface area contributed by atoms with Gasteiger partial charge in [-0.2, -0.15) is 5.10 Å². The van der Waals surface area contributed by atoms with Crippen LogP contribution < -0.4 is 11.1 Å². The number of methoxy groups -OCH3 is 1. The van der Waals surface area contributed by atoms with E-state index in [1.165, 1.54) is 18.4 Å². The zero-order chi connectivity index (χ0) is 15.6. The summed E-state index contributed by atoms with van der Waals surface area (Å²) >= 11 is 1.21. The van der Waals surface area contributed by atoms with Crippen molar-refractivity contribution in [3.8, 4) is 0 Å². The van der Waals surface area contributed by atoms with E-state index in [2.05, 4.69) is 15.5 Å². The molecule has 7 nitrogen and oxygen atoms in total. The summed E-state index contributed by atoms with van der Waals surface area (Å²) in [6, 6.07) is 0. The Morgan fingerprint density at radius 1 is 1.52 bits per heavy atom. The molecule has 0 atom stereocenters. The van der Waals surface area contributed by atoms with Crippen LogP contribution in [0.4, 0.5) is 11.4 Å². The van der Waals surface area contributed by atoms with E-state index in [0.717, 1.165) is 5.56 Å². The molecule has 2 aromatic rings. The molecule has 21 heavy (non-hydrogen) atoms. The molecule has 2 heterocycles. The minimum atomic E-state index is -0.493. The van der Waals surface area contributed by atoms with Gasteiger partial charge in [0.25, 0.3) is 5.91 Å². The molecule has 0 fully saturated rings. The highest BCUT2D eigenvalue weighted by atomic mass is 32.1. The lowest BCUT2D eigenvalue weighted by Gasteiger charge is -2.06. The lowest BCUT2D eigenvalue weighted by molar-refractivity contribution is 0.0607. The lowest BCUT2D eigenvalue weighted by Crippen LogP contribution is -2.16. The van der Waals surface area contributed by atoms with Crippen molar-refractivity contribution in [1.29, 1.82) is 0 Å². The number of ether oxygens (including phenoxy) is 1. The van der Waals surface area contributed by atoms with Crippen LogP contribution in [0.1, 0.15) is 38.3 Å². The van der Waals surface area contributed by atoms with E-state index in [0.29, 0.717) is 28.4 Å². The van der Waals surface area contributed by atoms with Gasteiger partial charge in [0.2, 0.25) is 0 Å². The maximum absolute atomic E-state index is 12.3. The van der Waals surface area contributed by atoms with Crippen molar-refractivity contribution in [2.24, 2.45) is 0 Å². The monoisotopic (exact) mass is 308 g/mol. The molecule has 0 radical (unpaired) electrons. The van der Waals surface area contributed by atoms with Gasteiger partial charge in [-0.05, 0) is 24.3 Å². The third-order valence-electron chi connectivity index (χ3n) is 3.04. The SMILES string of the molecule is CCc1[nH]nc(C(=O)Nc2c(C)csc2C(=O)OC)c1N. The van der Waals surface area contributed by atoms with Crippen molar-refractivity contribution in [3.63, 3.8) is 0 Å². The number of hydrogen-bond acceptors (Lipinski definition) is 6. The van der Waals surface area contributed by atoms with Gasteiger partial charge >= 0.3 is 5.97 Å². The number of nitrogens with one attached hydrogen (secondary N) is 2. The Labute approximate surface area is 125 Å². The summed E-state index contributed by atoms with van der Waals surface area (Å²) in [6.07, 6.45) is 0.650. The number of carbonyl (C=O) groups excluding carboxylic acids is 2. The summed E-state index contributed by atoms with van der Waals surface area (Å²) in [7, 11) is 1.29. The number of aryl methyl sites for hydroxylation is 2. The first-order chi connectivity index (χ1) is 9.99. The predicted octanol–water partition coefficient (Wildman–Crippen LogP) is 1.96. The average Bonchev–Trinajstić information content (AvgIpc) is 3.02. The highest BCUT2D eigenvalue weighted by Crippen LogP contribution is 2.29. The van der Waals surface area contributed by atoms with Crippen molar-refractivity contribution in [1.82, 2.24) is 10.2 Å². The number of nitrogens with two attached hydrogens (primary N) is 1. The minimum absolute atomic E-state index is 0.119. The first kappa shape index (κ1) is 15.0. The molecule has 2 rings (SSSR count). The lowest BCUT2D eigenvalue weighted by atomic mass is 10.2. The highest BCUT2D eigenvalue weighted by Gasteiger charge is 2.22. The Bertz CT molecular complexity index is 690. The van der Waals surface area contributed by atoms with Crippen molar-refractivity contribution in [2.45, 2.75) is 20.3 Å². The number of aromatic nitrogens is 2. The molecule has 1 amide bonds. The van der Waals surface area contributed by atoms with E-state index in [-0.39, 0.29) is 5.69 Å². The summed E-state index contributed by atoms with van der Waals surface area (Å²) < 4.78 is 4.70. The molecular formula is C13H16N4O3S. The number of nitrogens with zero attached hydrogens (tertiary/aromatic N) is 1. The number of carbonyl (C=O) groups is 2. The van der Waals surface area contributed by atoms with Crippen LogP contribution >= 0.6 is 11.3 Å². The van der Waals surface area contributed by atoms with Gasteiger partial charge in [0, 0.05) is 0 Å². The van der Waals surface area contributed by atoms with Gasteiger partial charge in [0.15, 0.2) is 5.69 Å². The second kappa shape index (κ2) is 5.96. The summed E-state index contributed by atoms with van der Waals surface area (Å²) in [4.78, 5) is 24.3. The second-order valence-corrected chi connectivity index (χ2v) is 5.27. The first-order valence-corrected chi connectivity index (χ1v) is 7.18. The fourth-order valence-corrected chi connectivity index (χ4v) is 2.77. The summed E-state index contributed by atoms with van der Waals surface area (Å²) in [5.41, 5.74) is 8.21. The number of aromatic amines is 1. The molecule has 4 N–H and O–H groups in total.